The minimum Gasteiger partial charge on any atom is -0.486 e. The maximum absolute atomic E-state index is 11.4. The van der Waals surface area contributed by atoms with Gasteiger partial charge in [0.15, 0.2) is 11.5 Å². The highest BCUT2D eigenvalue weighted by Crippen LogP contribution is 2.32. The van der Waals surface area contributed by atoms with Crippen molar-refractivity contribution in [3.63, 3.8) is 0 Å². The Hall–Kier alpha value is -1.42. The molecule has 5 heteroatoms. The number of carbonyl (C=O) groups excluding carboxylic acids is 1. The molecule has 86 valence electrons. The maximum Gasteiger partial charge on any atom is 0.242 e. The molecule has 16 heavy (non-hydrogen) atoms. The Kier molecular flexibility index (Phi) is 3.19. The molecule has 0 fully saturated rings. The van der Waals surface area contributed by atoms with Crippen LogP contribution in [0.5, 0.6) is 11.5 Å². The number of halogens is 1. The van der Waals surface area contributed by atoms with E-state index in [4.69, 9.17) is 21.1 Å². The lowest BCUT2D eigenvalue weighted by Crippen LogP contribution is -2.21. The lowest BCUT2D eigenvalue weighted by atomic mass is 10.2. The molecule has 1 heterocycles. The van der Waals surface area contributed by atoms with Crippen LogP contribution in [0.25, 0.3) is 0 Å². The van der Waals surface area contributed by atoms with Gasteiger partial charge in [-0.2, -0.15) is 0 Å². The summed E-state index contributed by atoms with van der Waals surface area (Å²) in [7, 11) is 0. The van der Waals surface area contributed by atoms with Crippen molar-refractivity contribution in [2.45, 2.75) is 12.3 Å². The molecule has 0 unspecified atom stereocenters. The van der Waals surface area contributed by atoms with Crippen molar-refractivity contribution in [1.82, 2.24) is 0 Å². The largest absolute Gasteiger partial charge is 0.486 e. The number of hydrogen-bond donors (Lipinski definition) is 1. The third-order valence-electron chi connectivity index (χ3n) is 2.17. The minimum absolute atomic E-state index is 0.238. The smallest absolute Gasteiger partial charge is 0.242 e. The zero-order chi connectivity index (χ0) is 11.5. The van der Waals surface area contributed by atoms with Gasteiger partial charge in [0.05, 0.1) is 0 Å². The maximum atomic E-state index is 11.4. The van der Waals surface area contributed by atoms with Crippen LogP contribution in [0.15, 0.2) is 18.2 Å². The standard InChI is InChI=1S/C11H12ClNO3/c1-7(12)11(14)13-8-2-3-9-10(6-8)16-5-4-15-9/h2-3,6-7H,4-5H2,1H3,(H,13,14)/t7-/m1/s1. The normalized spacial score (nSPS) is 15.4. The van der Waals surface area contributed by atoms with Crippen molar-refractivity contribution in [3.8, 4) is 11.5 Å². The summed E-state index contributed by atoms with van der Waals surface area (Å²) in [6.07, 6.45) is 0. The van der Waals surface area contributed by atoms with Crippen LogP contribution < -0.4 is 14.8 Å². The Morgan fingerprint density at radius 2 is 2.06 bits per heavy atom. The number of benzene rings is 1. The van der Waals surface area contributed by atoms with Crippen molar-refractivity contribution < 1.29 is 14.3 Å². The summed E-state index contributed by atoms with van der Waals surface area (Å²) in [6, 6.07) is 5.25. The molecule has 1 aliphatic heterocycles. The van der Waals surface area contributed by atoms with Crippen LogP contribution in [0.1, 0.15) is 6.92 Å². The first-order chi connectivity index (χ1) is 7.66. The molecule has 0 bridgehead atoms. The van der Waals surface area contributed by atoms with Gasteiger partial charge in [-0.1, -0.05) is 0 Å². The fourth-order valence-corrected chi connectivity index (χ4v) is 1.42. The van der Waals surface area contributed by atoms with Gasteiger partial charge < -0.3 is 14.8 Å². The van der Waals surface area contributed by atoms with Gasteiger partial charge in [-0.25, -0.2) is 0 Å². The molecule has 1 aromatic carbocycles. The molecule has 1 aromatic rings. The van der Waals surface area contributed by atoms with E-state index >= 15 is 0 Å². The summed E-state index contributed by atoms with van der Waals surface area (Å²) in [5, 5.41) is 2.12. The lowest BCUT2D eigenvalue weighted by Gasteiger charge is -2.19. The first-order valence-corrected chi connectivity index (χ1v) is 5.45. The van der Waals surface area contributed by atoms with Crippen molar-refractivity contribution in [2.75, 3.05) is 18.5 Å². The van der Waals surface area contributed by atoms with E-state index in [0.717, 1.165) is 0 Å². The number of ether oxygens (including phenoxy) is 2. The molecule has 0 spiro atoms. The number of fused-ring (bicyclic) bond motifs is 1. The van der Waals surface area contributed by atoms with Gasteiger partial charge in [0.1, 0.15) is 18.6 Å². The predicted octanol–water partition coefficient (Wildman–Crippen LogP) is 2.02. The molecule has 2 rings (SSSR count). The highest BCUT2D eigenvalue weighted by molar-refractivity contribution is 6.32. The zero-order valence-corrected chi connectivity index (χ0v) is 9.58. The summed E-state index contributed by atoms with van der Waals surface area (Å²) in [6.45, 7) is 2.70. The Morgan fingerprint density at radius 1 is 1.38 bits per heavy atom. The summed E-state index contributed by atoms with van der Waals surface area (Å²) >= 11 is 5.65. The Bertz CT molecular complexity index is 406. The van der Waals surface area contributed by atoms with E-state index in [1.54, 1.807) is 25.1 Å². The predicted molar refractivity (Wildman–Crippen MR) is 61.4 cm³/mol. The van der Waals surface area contributed by atoms with E-state index in [-0.39, 0.29) is 5.91 Å². The average Bonchev–Trinajstić information content (AvgIpc) is 2.28. The van der Waals surface area contributed by atoms with E-state index < -0.39 is 5.38 Å². The van der Waals surface area contributed by atoms with E-state index in [9.17, 15) is 4.79 Å². The fourth-order valence-electron chi connectivity index (χ4n) is 1.36. The van der Waals surface area contributed by atoms with Crippen molar-refractivity contribution in [1.29, 1.82) is 0 Å². The van der Waals surface area contributed by atoms with Gasteiger partial charge in [-0.3, -0.25) is 4.79 Å². The zero-order valence-electron chi connectivity index (χ0n) is 8.83. The monoisotopic (exact) mass is 241 g/mol. The second kappa shape index (κ2) is 4.61. The van der Waals surface area contributed by atoms with Gasteiger partial charge in [-0.05, 0) is 19.1 Å². The van der Waals surface area contributed by atoms with E-state index in [0.29, 0.717) is 30.4 Å². The molecule has 0 saturated heterocycles. The second-order valence-electron chi connectivity index (χ2n) is 3.46. The number of carbonyl (C=O) groups is 1. The molecule has 0 saturated carbocycles. The van der Waals surface area contributed by atoms with Crippen LogP contribution in [-0.4, -0.2) is 24.5 Å². The molecule has 4 nitrogen and oxygen atoms in total. The van der Waals surface area contributed by atoms with Crippen molar-refractivity contribution >= 4 is 23.2 Å². The molecule has 0 radical (unpaired) electrons. The number of hydrogen-bond acceptors (Lipinski definition) is 3. The molecule has 0 aliphatic carbocycles. The highest BCUT2D eigenvalue weighted by atomic mass is 35.5. The number of nitrogens with one attached hydrogen (secondary N) is 1. The number of alkyl halides is 1. The first kappa shape index (κ1) is 11.1. The average molecular weight is 242 g/mol. The number of anilines is 1. The van der Waals surface area contributed by atoms with Crippen LogP contribution in [-0.2, 0) is 4.79 Å². The van der Waals surface area contributed by atoms with E-state index in [1.807, 2.05) is 0 Å². The Labute approximate surface area is 98.5 Å². The van der Waals surface area contributed by atoms with Crippen molar-refractivity contribution in [2.24, 2.45) is 0 Å². The Balaban J connectivity index is 2.14. The van der Waals surface area contributed by atoms with E-state index in [1.165, 1.54) is 0 Å². The molecular weight excluding hydrogens is 230 g/mol. The van der Waals surface area contributed by atoms with Gasteiger partial charge >= 0.3 is 0 Å². The van der Waals surface area contributed by atoms with Crippen LogP contribution in [0.3, 0.4) is 0 Å². The quantitative estimate of drug-likeness (QED) is 0.806. The highest BCUT2D eigenvalue weighted by Gasteiger charge is 2.14. The van der Waals surface area contributed by atoms with Crippen LogP contribution in [0, 0.1) is 0 Å². The molecule has 1 N–H and O–H groups in total. The molecule has 0 aromatic heterocycles. The van der Waals surface area contributed by atoms with Crippen LogP contribution in [0.2, 0.25) is 0 Å². The van der Waals surface area contributed by atoms with E-state index in [2.05, 4.69) is 5.32 Å². The molecule has 1 atom stereocenters. The molecular formula is C11H12ClNO3. The van der Waals surface area contributed by atoms with Crippen LogP contribution in [0.4, 0.5) is 5.69 Å². The van der Waals surface area contributed by atoms with Crippen molar-refractivity contribution in [3.05, 3.63) is 18.2 Å². The number of amides is 1. The summed E-state index contributed by atoms with van der Waals surface area (Å²) in [5.41, 5.74) is 0.654. The minimum atomic E-state index is -0.562. The van der Waals surface area contributed by atoms with Gasteiger partial charge in [0.2, 0.25) is 5.91 Å². The second-order valence-corrected chi connectivity index (χ2v) is 4.12. The molecule has 1 amide bonds. The van der Waals surface area contributed by atoms with Gasteiger partial charge in [-0.15, -0.1) is 11.6 Å². The van der Waals surface area contributed by atoms with Gasteiger partial charge in [0, 0.05) is 11.8 Å². The number of rotatable bonds is 2. The summed E-state index contributed by atoms with van der Waals surface area (Å²) in [4.78, 5) is 11.4. The summed E-state index contributed by atoms with van der Waals surface area (Å²) < 4.78 is 10.8. The third kappa shape index (κ3) is 2.39. The Morgan fingerprint density at radius 3 is 2.75 bits per heavy atom. The fraction of sp³-hybridized carbons (Fsp3) is 0.364. The summed E-state index contributed by atoms with van der Waals surface area (Å²) in [5.74, 6) is 1.10. The topological polar surface area (TPSA) is 47.6 Å². The lowest BCUT2D eigenvalue weighted by molar-refractivity contribution is -0.115. The first-order valence-electron chi connectivity index (χ1n) is 5.01. The third-order valence-corrected chi connectivity index (χ3v) is 2.37. The SMILES string of the molecule is C[C@@H](Cl)C(=O)Nc1ccc2c(c1)OCCO2. The van der Waals surface area contributed by atoms with Crippen LogP contribution >= 0.6 is 11.6 Å². The molecule has 1 aliphatic rings. The van der Waals surface area contributed by atoms with Gasteiger partial charge in [0.25, 0.3) is 0 Å².